The minimum absolute atomic E-state index is 0.197. The summed E-state index contributed by atoms with van der Waals surface area (Å²) in [6.45, 7) is 8.23. The molecule has 0 aliphatic carbocycles. The predicted molar refractivity (Wildman–Crippen MR) is 95.3 cm³/mol. The van der Waals surface area contributed by atoms with Gasteiger partial charge in [0.05, 0.1) is 18.5 Å². The van der Waals surface area contributed by atoms with Crippen molar-refractivity contribution in [2.75, 3.05) is 44.3 Å². The molecule has 27 heavy (non-hydrogen) atoms. The van der Waals surface area contributed by atoms with E-state index in [2.05, 4.69) is 10.2 Å². The van der Waals surface area contributed by atoms with E-state index in [1.807, 2.05) is 0 Å². The average molecular weight is 402 g/mol. The Labute approximate surface area is 158 Å². The fraction of sp³-hybridized carbons (Fsp3) is 0.812. The lowest BCUT2D eigenvalue weighted by Gasteiger charge is -2.32. The average Bonchev–Trinajstić information content (AvgIpc) is 3.12. The van der Waals surface area contributed by atoms with E-state index in [1.54, 1.807) is 25.7 Å². The number of hydrogen-bond acceptors (Lipinski definition) is 9. The third-order valence-electron chi connectivity index (χ3n) is 4.45. The first-order chi connectivity index (χ1) is 12.7. The molecule has 0 radical (unpaired) electrons. The largest absolute Gasteiger partial charge is 0.444 e. The summed E-state index contributed by atoms with van der Waals surface area (Å²) < 4.78 is 41.7. The Morgan fingerprint density at radius 2 is 1.74 bits per heavy atom. The van der Waals surface area contributed by atoms with Crippen LogP contribution in [0.4, 0.5) is 10.8 Å². The Hall–Kier alpha value is -1.88. The molecule has 2 fully saturated rings. The van der Waals surface area contributed by atoms with E-state index in [0.717, 1.165) is 0 Å². The number of piperidine rings is 1. The lowest BCUT2D eigenvalue weighted by atomic mass is 10.1. The number of ether oxygens (including phenoxy) is 2. The van der Waals surface area contributed by atoms with Crippen LogP contribution in [-0.2, 0) is 19.3 Å². The molecule has 0 N–H and O–H groups in total. The van der Waals surface area contributed by atoms with E-state index in [9.17, 15) is 13.2 Å². The SMILES string of the molecule is CC(C)(C)OC(=O)N1CCC(S(=O)(=O)c2nnc(N3CCOCC3)o2)CC1. The molecule has 1 amide bonds. The minimum Gasteiger partial charge on any atom is -0.444 e. The summed E-state index contributed by atoms with van der Waals surface area (Å²) in [6.07, 6.45) is 0.180. The summed E-state index contributed by atoms with van der Waals surface area (Å²) in [7, 11) is -3.74. The van der Waals surface area contributed by atoms with E-state index in [1.165, 1.54) is 4.90 Å². The molecule has 0 unspecified atom stereocenters. The number of sulfone groups is 1. The van der Waals surface area contributed by atoms with Crippen molar-refractivity contribution >= 4 is 21.9 Å². The number of aromatic nitrogens is 2. The second-order valence-corrected chi connectivity index (χ2v) is 9.77. The molecule has 0 spiro atoms. The molecule has 2 saturated heterocycles. The van der Waals surface area contributed by atoms with Crippen LogP contribution in [0.25, 0.3) is 0 Å². The van der Waals surface area contributed by atoms with E-state index in [0.29, 0.717) is 52.2 Å². The fourth-order valence-corrected chi connectivity index (χ4v) is 4.48. The first kappa shape index (κ1) is 19.9. The molecule has 0 bridgehead atoms. The van der Waals surface area contributed by atoms with Gasteiger partial charge in [0.1, 0.15) is 5.60 Å². The lowest BCUT2D eigenvalue weighted by molar-refractivity contribution is 0.0217. The quantitative estimate of drug-likeness (QED) is 0.732. The molecule has 2 aliphatic heterocycles. The molecule has 3 heterocycles. The van der Waals surface area contributed by atoms with Crippen molar-refractivity contribution in [3.05, 3.63) is 0 Å². The molecule has 152 valence electrons. The van der Waals surface area contributed by atoms with Crippen LogP contribution in [-0.4, -0.2) is 79.9 Å². The fourth-order valence-electron chi connectivity index (χ4n) is 3.02. The summed E-state index contributed by atoms with van der Waals surface area (Å²) in [5.74, 6) is 0. The molecule has 3 rings (SSSR count). The van der Waals surface area contributed by atoms with E-state index < -0.39 is 26.8 Å². The van der Waals surface area contributed by atoms with E-state index in [-0.39, 0.29) is 11.2 Å². The van der Waals surface area contributed by atoms with Crippen LogP contribution in [0.3, 0.4) is 0 Å². The number of carbonyl (C=O) groups excluding carboxylic acids is 1. The zero-order chi connectivity index (χ0) is 19.7. The van der Waals surface area contributed by atoms with Gasteiger partial charge in [0.2, 0.25) is 9.84 Å². The van der Waals surface area contributed by atoms with Crippen molar-refractivity contribution < 1.29 is 27.1 Å². The van der Waals surface area contributed by atoms with Gasteiger partial charge in [-0.05, 0) is 33.6 Å². The maximum Gasteiger partial charge on any atom is 0.410 e. The predicted octanol–water partition coefficient (Wildman–Crippen LogP) is 1.08. The highest BCUT2D eigenvalue weighted by molar-refractivity contribution is 7.91. The molecule has 0 atom stereocenters. The second-order valence-electron chi connectivity index (χ2n) is 7.66. The summed E-state index contributed by atoms with van der Waals surface area (Å²) in [5.41, 5.74) is -0.584. The van der Waals surface area contributed by atoms with Gasteiger partial charge in [-0.25, -0.2) is 13.2 Å². The smallest absolute Gasteiger partial charge is 0.410 e. The van der Waals surface area contributed by atoms with Gasteiger partial charge in [-0.1, -0.05) is 10.2 Å². The van der Waals surface area contributed by atoms with Crippen molar-refractivity contribution in [1.29, 1.82) is 0 Å². The molecule has 10 nitrogen and oxygen atoms in total. The number of rotatable bonds is 3. The number of nitrogens with zero attached hydrogens (tertiary/aromatic N) is 4. The number of amides is 1. The molecule has 0 saturated carbocycles. The van der Waals surface area contributed by atoms with Crippen molar-refractivity contribution in [2.45, 2.75) is 49.7 Å². The first-order valence-corrected chi connectivity index (χ1v) is 10.6. The van der Waals surface area contributed by atoms with Crippen molar-refractivity contribution in [2.24, 2.45) is 0 Å². The van der Waals surface area contributed by atoms with Gasteiger partial charge in [0.25, 0.3) is 0 Å². The van der Waals surface area contributed by atoms with E-state index in [4.69, 9.17) is 13.9 Å². The molecular formula is C16H26N4O6S. The maximum absolute atomic E-state index is 12.8. The van der Waals surface area contributed by atoms with Crippen LogP contribution >= 0.6 is 0 Å². The standard InChI is InChI=1S/C16H26N4O6S/c1-16(2,3)26-15(21)20-6-4-12(5-7-20)27(22,23)14-18-17-13(25-14)19-8-10-24-11-9-19/h12H,4-11H2,1-3H3. The highest BCUT2D eigenvalue weighted by Crippen LogP contribution is 2.26. The number of morpholine rings is 1. The molecule has 1 aromatic rings. The highest BCUT2D eigenvalue weighted by Gasteiger charge is 2.37. The van der Waals surface area contributed by atoms with Gasteiger partial charge >= 0.3 is 17.3 Å². The molecule has 11 heteroatoms. The number of anilines is 1. The highest BCUT2D eigenvalue weighted by atomic mass is 32.2. The van der Waals surface area contributed by atoms with Crippen LogP contribution < -0.4 is 4.90 Å². The molecule has 2 aliphatic rings. The Morgan fingerprint density at radius 1 is 1.11 bits per heavy atom. The van der Waals surface area contributed by atoms with Crippen LogP contribution in [0.1, 0.15) is 33.6 Å². The normalized spacial score (nSPS) is 20.0. The van der Waals surface area contributed by atoms with Crippen molar-refractivity contribution in [3.63, 3.8) is 0 Å². The van der Waals surface area contributed by atoms with Crippen LogP contribution in [0, 0.1) is 0 Å². The second kappa shape index (κ2) is 7.63. The van der Waals surface area contributed by atoms with Gasteiger partial charge in [0, 0.05) is 26.2 Å². The maximum atomic E-state index is 12.8. The zero-order valence-electron chi connectivity index (χ0n) is 15.9. The van der Waals surface area contributed by atoms with Crippen LogP contribution in [0.5, 0.6) is 0 Å². The van der Waals surface area contributed by atoms with Gasteiger partial charge in [-0.15, -0.1) is 0 Å². The summed E-state index contributed by atoms with van der Waals surface area (Å²) >= 11 is 0. The number of carbonyl (C=O) groups is 1. The monoisotopic (exact) mass is 402 g/mol. The zero-order valence-corrected chi connectivity index (χ0v) is 16.7. The summed E-state index contributed by atoms with van der Waals surface area (Å²) in [4.78, 5) is 15.5. The van der Waals surface area contributed by atoms with Crippen LogP contribution in [0.15, 0.2) is 9.64 Å². The van der Waals surface area contributed by atoms with Crippen molar-refractivity contribution in [1.82, 2.24) is 15.1 Å². The number of likely N-dealkylation sites (tertiary alicyclic amines) is 1. The van der Waals surface area contributed by atoms with Gasteiger partial charge < -0.3 is 23.7 Å². The summed E-state index contributed by atoms with van der Waals surface area (Å²) in [5, 5.41) is 6.60. The van der Waals surface area contributed by atoms with Gasteiger partial charge in [-0.2, -0.15) is 0 Å². The molecule has 1 aromatic heterocycles. The molecular weight excluding hydrogens is 376 g/mol. The lowest BCUT2D eigenvalue weighted by Crippen LogP contribution is -2.44. The van der Waals surface area contributed by atoms with Gasteiger partial charge in [-0.3, -0.25) is 0 Å². The Kier molecular flexibility index (Phi) is 5.61. The number of hydrogen-bond donors (Lipinski definition) is 0. The van der Waals surface area contributed by atoms with E-state index >= 15 is 0 Å². The van der Waals surface area contributed by atoms with Crippen molar-refractivity contribution in [3.8, 4) is 0 Å². The van der Waals surface area contributed by atoms with Crippen LogP contribution in [0.2, 0.25) is 0 Å². The Morgan fingerprint density at radius 3 is 2.33 bits per heavy atom. The summed E-state index contributed by atoms with van der Waals surface area (Å²) in [6, 6.07) is 0.197. The Bertz CT molecular complexity index is 758. The van der Waals surface area contributed by atoms with Gasteiger partial charge in [0.15, 0.2) is 0 Å². The topological polar surface area (TPSA) is 115 Å². The third kappa shape index (κ3) is 4.70. The molecule has 0 aromatic carbocycles. The Balaban J connectivity index is 1.62. The third-order valence-corrected chi connectivity index (χ3v) is 6.45. The first-order valence-electron chi connectivity index (χ1n) is 9.05. The minimum atomic E-state index is -3.74.